The van der Waals surface area contributed by atoms with Crippen molar-refractivity contribution in [2.75, 3.05) is 49.5 Å². The average Bonchev–Trinajstić information content (AvgIpc) is 3.23. The summed E-state index contributed by atoms with van der Waals surface area (Å²) in [5, 5.41) is 13.2. The number of nitrogens with one attached hydrogen (secondary N) is 3. The van der Waals surface area contributed by atoms with Gasteiger partial charge in [-0.3, -0.25) is 9.69 Å². The van der Waals surface area contributed by atoms with Gasteiger partial charge in [0.05, 0.1) is 18.3 Å². The summed E-state index contributed by atoms with van der Waals surface area (Å²) < 4.78 is 40.8. The molecule has 2 unspecified atom stereocenters. The van der Waals surface area contributed by atoms with Crippen molar-refractivity contribution < 1.29 is 17.6 Å². The number of aromatic nitrogens is 2. The molecule has 4 aliphatic rings. The highest BCUT2D eigenvalue weighted by molar-refractivity contribution is 7.89. The van der Waals surface area contributed by atoms with E-state index in [4.69, 9.17) is 5.73 Å². The Morgan fingerprint density at radius 2 is 2.16 bits per heavy atom. The molecule has 0 saturated carbocycles. The first kappa shape index (κ1) is 20.7. The summed E-state index contributed by atoms with van der Waals surface area (Å²) in [6.07, 6.45) is 2.70. The van der Waals surface area contributed by atoms with Gasteiger partial charge in [-0.2, -0.15) is 9.40 Å². The number of anilines is 2. The molecular weight excluding hydrogens is 427 g/mol. The summed E-state index contributed by atoms with van der Waals surface area (Å²) in [6, 6.07) is -0.0700. The minimum atomic E-state index is -3.12. The van der Waals surface area contributed by atoms with Crippen molar-refractivity contribution in [3.05, 3.63) is 17.6 Å². The maximum Gasteiger partial charge on any atom is 0.259 e. The zero-order valence-electron chi connectivity index (χ0n) is 17.1. The Morgan fingerprint density at radius 3 is 3.00 bits per heavy atom. The van der Waals surface area contributed by atoms with Crippen molar-refractivity contribution in [3.63, 3.8) is 0 Å². The third-order valence-electron chi connectivity index (χ3n) is 6.63. The van der Waals surface area contributed by atoms with Crippen molar-refractivity contribution in [1.29, 1.82) is 0 Å². The van der Waals surface area contributed by atoms with Crippen LogP contribution in [0.4, 0.5) is 16.0 Å². The molecule has 3 atom stereocenters. The van der Waals surface area contributed by atoms with Gasteiger partial charge in [-0.05, 0) is 19.4 Å². The van der Waals surface area contributed by atoms with Gasteiger partial charge in [0.2, 0.25) is 10.0 Å². The number of fused-ring (bicyclic) bond motifs is 2. The highest BCUT2D eigenvalue weighted by Gasteiger charge is 2.43. The normalized spacial score (nSPS) is 30.7. The van der Waals surface area contributed by atoms with Crippen LogP contribution in [0.15, 0.2) is 12.0 Å². The second kappa shape index (κ2) is 7.73. The van der Waals surface area contributed by atoms with E-state index >= 15 is 0 Å². The van der Waals surface area contributed by atoms with Crippen LogP contribution in [0.5, 0.6) is 0 Å². The number of amides is 1. The van der Waals surface area contributed by atoms with Crippen LogP contribution in [0.3, 0.4) is 0 Å². The fourth-order valence-electron chi connectivity index (χ4n) is 5.14. The van der Waals surface area contributed by atoms with E-state index in [1.165, 1.54) is 10.9 Å². The van der Waals surface area contributed by atoms with Gasteiger partial charge in [0.1, 0.15) is 17.2 Å². The van der Waals surface area contributed by atoms with E-state index in [0.717, 1.165) is 13.0 Å². The maximum atomic E-state index is 13.5. The van der Waals surface area contributed by atoms with E-state index in [9.17, 15) is 17.6 Å². The lowest BCUT2D eigenvalue weighted by Gasteiger charge is -2.45. The van der Waals surface area contributed by atoms with Crippen LogP contribution in [-0.2, 0) is 16.6 Å². The highest BCUT2D eigenvalue weighted by Crippen LogP contribution is 2.29. The molecule has 5 rings (SSSR count). The Balaban J connectivity index is 1.31. The summed E-state index contributed by atoms with van der Waals surface area (Å²) in [6.45, 7) is 3.17. The lowest BCUT2D eigenvalue weighted by molar-refractivity contribution is 0.0621. The van der Waals surface area contributed by atoms with Gasteiger partial charge in [0.25, 0.3) is 5.91 Å². The van der Waals surface area contributed by atoms with Crippen LogP contribution in [-0.4, -0.2) is 89.9 Å². The van der Waals surface area contributed by atoms with Crippen LogP contribution in [0, 0.1) is 0 Å². The van der Waals surface area contributed by atoms with Crippen LogP contribution in [0.25, 0.3) is 0 Å². The third kappa shape index (κ3) is 3.69. The monoisotopic (exact) mass is 454 g/mol. The van der Waals surface area contributed by atoms with E-state index in [2.05, 4.69) is 25.9 Å². The molecule has 5 N–H and O–H groups in total. The van der Waals surface area contributed by atoms with E-state index in [-0.39, 0.29) is 47.7 Å². The fraction of sp³-hybridized carbons (Fsp3) is 0.667. The molecule has 31 heavy (non-hydrogen) atoms. The van der Waals surface area contributed by atoms with Crippen molar-refractivity contribution in [1.82, 2.24) is 29.6 Å². The minimum absolute atomic E-state index is 0.00853. The van der Waals surface area contributed by atoms with E-state index in [0.29, 0.717) is 38.4 Å². The van der Waals surface area contributed by atoms with Crippen LogP contribution in [0.2, 0.25) is 0 Å². The van der Waals surface area contributed by atoms with Gasteiger partial charge in [0, 0.05) is 44.5 Å². The van der Waals surface area contributed by atoms with Gasteiger partial charge in [-0.25, -0.2) is 17.5 Å². The number of halogens is 1. The Labute approximate surface area is 179 Å². The first-order chi connectivity index (χ1) is 14.8. The first-order valence-corrected chi connectivity index (χ1v) is 12.2. The molecule has 11 nitrogen and oxygen atoms in total. The Bertz CT molecular complexity index is 1030. The predicted octanol–water partition coefficient (Wildman–Crippen LogP) is -1.12. The Kier molecular flexibility index (Phi) is 5.15. The summed E-state index contributed by atoms with van der Waals surface area (Å²) in [4.78, 5) is 15.4. The summed E-state index contributed by atoms with van der Waals surface area (Å²) in [7, 11) is -3.12. The van der Waals surface area contributed by atoms with E-state index in [1.54, 1.807) is 4.31 Å². The summed E-state index contributed by atoms with van der Waals surface area (Å²) in [5.41, 5.74) is 6.18. The minimum Gasteiger partial charge on any atom is -0.381 e. The number of carbonyl (C=O) groups excluding carboxylic acids is 1. The SMILES string of the molecule is Nc1nn2c(c1C(=O)NC1CNCCC1N1CCN3[C@@H](CCS3(=O)=O)C1)NC=C(F)C2. The number of hydrogen-bond donors (Lipinski definition) is 4. The number of nitrogen functional groups attached to an aromatic ring is 1. The predicted molar refractivity (Wildman–Crippen MR) is 112 cm³/mol. The average molecular weight is 455 g/mol. The highest BCUT2D eigenvalue weighted by atomic mass is 32.2. The Morgan fingerprint density at radius 1 is 1.32 bits per heavy atom. The number of piperidine rings is 1. The largest absolute Gasteiger partial charge is 0.381 e. The number of nitrogens with two attached hydrogens (primary N) is 1. The number of hydrogen-bond acceptors (Lipinski definition) is 8. The molecule has 0 radical (unpaired) electrons. The lowest BCUT2D eigenvalue weighted by Crippen LogP contribution is -2.64. The Hall–Kier alpha value is -2.22. The molecule has 0 bridgehead atoms. The zero-order chi connectivity index (χ0) is 21.8. The van der Waals surface area contributed by atoms with E-state index in [1.807, 2.05) is 0 Å². The standard InChI is InChI=1S/C18H27FN8O3S/c19-11-7-22-17-15(16(20)24-26(17)9-11)18(28)23-13-8-21-3-1-14(13)25-4-5-27-12(10-25)2-6-31(27,29)30/h7,12-14,21-22H,1-6,8-10H2,(H2,20,24)(H,23,28)/t12-,13?,14?/m0/s1. The van der Waals surface area contributed by atoms with Gasteiger partial charge in [-0.1, -0.05) is 0 Å². The van der Waals surface area contributed by atoms with Gasteiger partial charge >= 0.3 is 0 Å². The number of sulfonamides is 1. The first-order valence-electron chi connectivity index (χ1n) is 10.6. The van der Waals surface area contributed by atoms with Gasteiger partial charge in [0.15, 0.2) is 5.82 Å². The van der Waals surface area contributed by atoms with Crippen LogP contribution >= 0.6 is 0 Å². The van der Waals surface area contributed by atoms with Crippen LogP contribution in [0.1, 0.15) is 23.2 Å². The number of piperazine rings is 1. The molecule has 1 amide bonds. The fourth-order valence-corrected chi connectivity index (χ4v) is 6.93. The molecule has 5 heterocycles. The topological polar surface area (TPSA) is 138 Å². The van der Waals surface area contributed by atoms with Gasteiger partial charge < -0.3 is 21.7 Å². The van der Waals surface area contributed by atoms with E-state index < -0.39 is 15.9 Å². The molecule has 0 aliphatic carbocycles. The summed E-state index contributed by atoms with van der Waals surface area (Å²) in [5.74, 6) is -0.115. The van der Waals surface area contributed by atoms with Gasteiger partial charge in [-0.15, -0.1) is 0 Å². The number of carbonyl (C=O) groups is 1. The molecule has 1 aromatic rings. The van der Waals surface area contributed by atoms with Crippen molar-refractivity contribution in [2.24, 2.45) is 0 Å². The molecule has 0 aromatic carbocycles. The molecule has 0 spiro atoms. The third-order valence-corrected chi connectivity index (χ3v) is 8.58. The lowest BCUT2D eigenvalue weighted by atomic mass is 9.96. The molecule has 3 fully saturated rings. The van der Waals surface area contributed by atoms with Crippen molar-refractivity contribution in [3.8, 4) is 0 Å². The second-order valence-corrected chi connectivity index (χ2v) is 10.5. The van der Waals surface area contributed by atoms with Crippen molar-refractivity contribution in [2.45, 2.75) is 37.5 Å². The van der Waals surface area contributed by atoms with Crippen LogP contribution < -0.4 is 21.7 Å². The molecule has 13 heteroatoms. The maximum absolute atomic E-state index is 13.5. The molecule has 4 aliphatic heterocycles. The molecule has 170 valence electrons. The smallest absolute Gasteiger partial charge is 0.259 e. The number of nitrogens with zero attached hydrogens (tertiary/aromatic N) is 4. The molecule has 1 aromatic heterocycles. The zero-order valence-corrected chi connectivity index (χ0v) is 17.9. The quantitative estimate of drug-likeness (QED) is 0.451. The van der Waals surface area contributed by atoms with Crippen molar-refractivity contribution >= 4 is 27.6 Å². The molecular formula is C18H27FN8O3S. The number of rotatable bonds is 3. The second-order valence-electron chi connectivity index (χ2n) is 8.51. The molecule has 3 saturated heterocycles. The summed E-state index contributed by atoms with van der Waals surface area (Å²) >= 11 is 0. The number of allylic oxidation sites excluding steroid dienone is 1.